The molecule has 1 rings (SSSR count). The molecule has 0 spiro atoms. The highest BCUT2D eigenvalue weighted by atomic mass is 19.1. The maximum absolute atomic E-state index is 13.3. The third-order valence-electron chi connectivity index (χ3n) is 2.61. The second-order valence-corrected chi connectivity index (χ2v) is 4.92. The fourth-order valence-corrected chi connectivity index (χ4v) is 1.75. The lowest BCUT2D eigenvalue weighted by molar-refractivity contribution is 0.250. The Hall–Kier alpha value is -1.67. The Morgan fingerprint density at radius 3 is 2.68 bits per heavy atom. The number of benzene rings is 1. The molecule has 104 valence electrons. The Morgan fingerprint density at radius 2 is 2.11 bits per heavy atom. The fraction of sp³-hybridized carbons (Fsp3) is 0.500. The molecule has 0 radical (unpaired) electrons. The largest absolute Gasteiger partial charge is 0.490 e. The van der Waals surface area contributed by atoms with Crippen molar-refractivity contribution in [2.45, 2.75) is 38.8 Å². The van der Waals surface area contributed by atoms with E-state index >= 15 is 0 Å². The van der Waals surface area contributed by atoms with E-state index in [9.17, 15) is 8.78 Å². The van der Waals surface area contributed by atoms with Crippen LogP contribution in [-0.2, 0) is 0 Å². The van der Waals surface area contributed by atoms with Gasteiger partial charge >= 0.3 is 0 Å². The van der Waals surface area contributed by atoms with Crippen molar-refractivity contribution in [3.63, 3.8) is 0 Å². The molecular weight excluding hydrogens is 250 g/mol. The summed E-state index contributed by atoms with van der Waals surface area (Å²) in [6.45, 7) is 5.74. The van der Waals surface area contributed by atoms with Crippen molar-refractivity contribution in [2.75, 3.05) is 6.61 Å². The summed E-state index contributed by atoms with van der Waals surface area (Å²) in [5, 5.41) is 12.2. The van der Waals surface area contributed by atoms with Crippen LogP contribution in [0.2, 0.25) is 0 Å². The van der Waals surface area contributed by atoms with E-state index in [-0.39, 0.29) is 18.4 Å². The molecule has 0 aliphatic heterocycles. The van der Waals surface area contributed by atoms with Gasteiger partial charge in [0.25, 0.3) is 0 Å². The van der Waals surface area contributed by atoms with Crippen molar-refractivity contribution >= 4 is 0 Å². The predicted molar refractivity (Wildman–Crippen MR) is 68.8 cm³/mol. The van der Waals surface area contributed by atoms with Crippen LogP contribution in [0, 0.1) is 23.0 Å². The molecule has 0 saturated carbocycles. The number of nitrogens with zero attached hydrogens (tertiary/aromatic N) is 1. The Balaban J connectivity index is 2.58. The van der Waals surface area contributed by atoms with Gasteiger partial charge in [0.05, 0.1) is 12.7 Å². The lowest BCUT2D eigenvalue weighted by atomic mass is 9.99. The molecule has 1 N–H and O–H groups in total. The number of rotatable bonds is 6. The Labute approximate surface area is 112 Å². The summed E-state index contributed by atoms with van der Waals surface area (Å²) >= 11 is 0. The van der Waals surface area contributed by atoms with Crippen molar-refractivity contribution in [1.82, 2.24) is 5.32 Å². The number of halogens is 2. The molecule has 1 unspecified atom stereocenters. The zero-order valence-corrected chi connectivity index (χ0v) is 11.3. The topological polar surface area (TPSA) is 45.0 Å². The number of hydrogen-bond donors (Lipinski definition) is 1. The van der Waals surface area contributed by atoms with Gasteiger partial charge in [-0.05, 0) is 32.9 Å². The smallest absolute Gasteiger partial charge is 0.165 e. The van der Waals surface area contributed by atoms with Gasteiger partial charge in [0, 0.05) is 18.5 Å². The summed E-state index contributed by atoms with van der Waals surface area (Å²) in [6, 6.07) is 5.35. The number of hydrogen-bond acceptors (Lipinski definition) is 3. The van der Waals surface area contributed by atoms with E-state index in [0.717, 1.165) is 18.2 Å². The van der Waals surface area contributed by atoms with E-state index in [1.165, 1.54) is 0 Å². The quantitative estimate of drug-likeness (QED) is 0.862. The first-order valence-electron chi connectivity index (χ1n) is 6.13. The molecule has 0 fully saturated rings. The first-order chi connectivity index (χ1) is 8.86. The van der Waals surface area contributed by atoms with Gasteiger partial charge in [-0.25, -0.2) is 8.78 Å². The van der Waals surface area contributed by atoms with Gasteiger partial charge in [0.15, 0.2) is 11.6 Å². The monoisotopic (exact) mass is 268 g/mol. The average Bonchev–Trinajstić information content (AvgIpc) is 2.32. The lowest BCUT2D eigenvalue weighted by Crippen LogP contribution is -2.45. The van der Waals surface area contributed by atoms with Crippen molar-refractivity contribution in [2.24, 2.45) is 0 Å². The highest BCUT2D eigenvalue weighted by Gasteiger charge is 2.24. The molecule has 0 amide bonds. The van der Waals surface area contributed by atoms with E-state index in [4.69, 9.17) is 10.00 Å². The molecule has 1 aromatic carbocycles. The van der Waals surface area contributed by atoms with Gasteiger partial charge in [-0.1, -0.05) is 0 Å². The minimum Gasteiger partial charge on any atom is -0.490 e. The number of nitrogens with one attached hydrogen (secondary N) is 1. The molecule has 0 aromatic heterocycles. The third kappa shape index (κ3) is 4.84. The molecule has 1 atom stereocenters. The second-order valence-electron chi connectivity index (χ2n) is 4.92. The first-order valence-corrected chi connectivity index (χ1v) is 6.13. The van der Waals surface area contributed by atoms with Gasteiger partial charge < -0.3 is 4.74 Å². The summed E-state index contributed by atoms with van der Waals surface area (Å²) in [5.74, 6) is -1.30. The van der Waals surface area contributed by atoms with Gasteiger partial charge in [0.2, 0.25) is 0 Å². The average molecular weight is 268 g/mol. The summed E-state index contributed by atoms with van der Waals surface area (Å²) in [7, 11) is 0. The molecular formula is C14H18F2N2O. The highest BCUT2D eigenvalue weighted by Crippen LogP contribution is 2.19. The van der Waals surface area contributed by atoms with Crippen LogP contribution in [0.3, 0.4) is 0 Å². The van der Waals surface area contributed by atoms with Crippen molar-refractivity contribution in [3.05, 3.63) is 29.8 Å². The minimum absolute atomic E-state index is 0.129. The van der Waals surface area contributed by atoms with Crippen LogP contribution in [0.25, 0.3) is 0 Å². The number of ether oxygens (including phenoxy) is 1. The van der Waals surface area contributed by atoms with E-state index in [0.29, 0.717) is 6.42 Å². The second kappa shape index (κ2) is 6.48. The van der Waals surface area contributed by atoms with Crippen molar-refractivity contribution in [1.29, 1.82) is 5.26 Å². The molecule has 0 saturated heterocycles. The zero-order chi connectivity index (χ0) is 14.5. The molecule has 19 heavy (non-hydrogen) atoms. The summed E-state index contributed by atoms with van der Waals surface area (Å²) in [4.78, 5) is 0. The summed E-state index contributed by atoms with van der Waals surface area (Å²) < 4.78 is 31.4. The molecule has 0 heterocycles. The SMILES string of the molecule is CC(C)NC(C)(C#N)CCOc1cc(F)ccc1F. The van der Waals surface area contributed by atoms with Gasteiger partial charge in [-0.3, -0.25) is 5.32 Å². The molecule has 0 aliphatic rings. The van der Waals surface area contributed by atoms with Crippen molar-refractivity contribution < 1.29 is 13.5 Å². The molecule has 3 nitrogen and oxygen atoms in total. The standard InChI is InChI=1S/C14H18F2N2O/c1-10(2)18-14(3,9-17)6-7-19-13-8-11(15)4-5-12(13)16/h4-5,8,10,18H,6-7H2,1-3H3. The van der Waals surface area contributed by atoms with Crippen LogP contribution in [-0.4, -0.2) is 18.2 Å². The Bertz CT molecular complexity index is 471. The molecule has 0 aliphatic carbocycles. The van der Waals surface area contributed by atoms with Crippen LogP contribution < -0.4 is 10.1 Å². The van der Waals surface area contributed by atoms with E-state index in [1.54, 1.807) is 6.92 Å². The maximum Gasteiger partial charge on any atom is 0.165 e. The van der Waals surface area contributed by atoms with Gasteiger partial charge in [0.1, 0.15) is 11.4 Å². The normalized spacial score (nSPS) is 13.9. The zero-order valence-electron chi connectivity index (χ0n) is 11.3. The lowest BCUT2D eigenvalue weighted by Gasteiger charge is -2.25. The third-order valence-corrected chi connectivity index (χ3v) is 2.61. The minimum atomic E-state index is -0.752. The van der Waals surface area contributed by atoms with E-state index < -0.39 is 17.2 Å². The molecule has 1 aromatic rings. The Kier molecular flexibility index (Phi) is 5.25. The van der Waals surface area contributed by atoms with Crippen LogP contribution in [0.5, 0.6) is 5.75 Å². The number of nitriles is 1. The first kappa shape index (κ1) is 15.4. The van der Waals surface area contributed by atoms with Crippen molar-refractivity contribution in [3.8, 4) is 11.8 Å². The Morgan fingerprint density at radius 1 is 1.42 bits per heavy atom. The van der Waals surface area contributed by atoms with Crippen LogP contribution in [0.1, 0.15) is 27.2 Å². The van der Waals surface area contributed by atoms with E-state index in [2.05, 4.69) is 11.4 Å². The predicted octanol–water partition coefficient (Wildman–Crippen LogP) is 3.01. The fourth-order valence-electron chi connectivity index (χ4n) is 1.75. The van der Waals surface area contributed by atoms with Crippen LogP contribution in [0.4, 0.5) is 8.78 Å². The van der Waals surface area contributed by atoms with E-state index in [1.807, 2.05) is 13.8 Å². The van der Waals surface area contributed by atoms with Gasteiger partial charge in [-0.2, -0.15) is 5.26 Å². The van der Waals surface area contributed by atoms with Crippen LogP contribution >= 0.6 is 0 Å². The summed E-state index contributed by atoms with van der Waals surface area (Å²) in [5.41, 5.74) is -0.752. The molecule has 0 bridgehead atoms. The summed E-state index contributed by atoms with van der Waals surface area (Å²) in [6.07, 6.45) is 0.373. The van der Waals surface area contributed by atoms with Crippen LogP contribution in [0.15, 0.2) is 18.2 Å². The maximum atomic E-state index is 13.3. The molecule has 5 heteroatoms. The highest BCUT2D eigenvalue weighted by molar-refractivity contribution is 5.24. The van der Waals surface area contributed by atoms with Gasteiger partial charge in [-0.15, -0.1) is 0 Å².